The van der Waals surface area contributed by atoms with Crippen LogP contribution in [0.4, 0.5) is 0 Å². The van der Waals surface area contributed by atoms with Gasteiger partial charge in [0.15, 0.2) is 11.0 Å². The van der Waals surface area contributed by atoms with E-state index in [1.807, 2.05) is 54.0 Å². The highest BCUT2D eigenvalue weighted by atomic mass is 35.5. The first kappa shape index (κ1) is 16.5. The second kappa shape index (κ2) is 7.07. The summed E-state index contributed by atoms with van der Waals surface area (Å²) in [6.45, 7) is 2.02. The number of aryl methyl sites for hydroxylation is 1. The van der Waals surface area contributed by atoms with Crippen molar-refractivity contribution in [2.24, 2.45) is 5.73 Å². The molecule has 1 aromatic heterocycles. The van der Waals surface area contributed by atoms with E-state index in [4.69, 9.17) is 17.3 Å². The molecule has 2 N–H and O–H groups in total. The number of amides is 1. The first-order valence-corrected chi connectivity index (χ1v) is 8.60. The number of nitrogens with two attached hydrogens (primary N) is 1. The maximum absolute atomic E-state index is 11.1. The van der Waals surface area contributed by atoms with Crippen LogP contribution in [0.5, 0.6) is 0 Å². The monoisotopic (exact) mass is 358 g/mol. The molecular weight excluding hydrogens is 344 g/mol. The maximum Gasteiger partial charge on any atom is 0.227 e. The summed E-state index contributed by atoms with van der Waals surface area (Å²) in [7, 11) is 0. The van der Waals surface area contributed by atoms with Gasteiger partial charge in [-0.3, -0.25) is 9.36 Å². The molecule has 1 heterocycles. The third kappa shape index (κ3) is 3.60. The van der Waals surface area contributed by atoms with E-state index in [-0.39, 0.29) is 5.75 Å². The van der Waals surface area contributed by atoms with E-state index in [0.717, 1.165) is 16.8 Å². The first-order chi connectivity index (χ1) is 11.5. The van der Waals surface area contributed by atoms with Crippen molar-refractivity contribution in [1.29, 1.82) is 0 Å². The van der Waals surface area contributed by atoms with E-state index in [0.29, 0.717) is 16.0 Å². The smallest absolute Gasteiger partial charge is 0.227 e. The van der Waals surface area contributed by atoms with Crippen LogP contribution in [0, 0.1) is 6.92 Å². The molecule has 5 nitrogen and oxygen atoms in total. The van der Waals surface area contributed by atoms with Crippen molar-refractivity contribution in [3.05, 3.63) is 59.1 Å². The fourth-order valence-corrected chi connectivity index (χ4v) is 3.19. The summed E-state index contributed by atoms with van der Waals surface area (Å²) in [6.07, 6.45) is 0. The maximum atomic E-state index is 11.1. The topological polar surface area (TPSA) is 73.8 Å². The van der Waals surface area contributed by atoms with Crippen LogP contribution in [0.2, 0.25) is 5.02 Å². The van der Waals surface area contributed by atoms with Gasteiger partial charge in [-0.1, -0.05) is 53.2 Å². The van der Waals surface area contributed by atoms with Gasteiger partial charge >= 0.3 is 0 Å². The lowest BCUT2D eigenvalue weighted by Gasteiger charge is -2.10. The quantitative estimate of drug-likeness (QED) is 0.709. The summed E-state index contributed by atoms with van der Waals surface area (Å²) in [4.78, 5) is 11.1. The number of hydrogen-bond donors (Lipinski definition) is 1. The van der Waals surface area contributed by atoms with Crippen molar-refractivity contribution >= 4 is 29.3 Å². The Bertz CT molecular complexity index is 894. The number of aromatic nitrogens is 3. The van der Waals surface area contributed by atoms with Crippen LogP contribution in [0.25, 0.3) is 17.1 Å². The Morgan fingerprint density at radius 2 is 2.00 bits per heavy atom. The van der Waals surface area contributed by atoms with Crippen molar-refractivity contribution in [2.45, 2.75) is 12.1 Å². The molecule has 0 fully saturated rings. The third-order valence-corrected chi connectivity index (χ3v) is 4.51. The Hall–Kier alpha value is -2.31. The number of hydrogen-bond acceptors (Lipinski definition) is 4. The fourth-order valence-electron chi connectivity index (χ4n) is 2.32. The zero-order valence-electron chi connectivity index (χ0n) is 12.9. The Labute approximate surface area is 148 Å². The van der Waals surface area contributed by atoms with Gasteiger partial charge in [0.25, 0.3) is 0 Å². The third-order valence-electron chi connectivity index (χ3n) is 3.32. The summed E-state index contributed by atoms with van der Waals surface area (Å²) < 4.78 is 1.88. The van der Waals surface area contributed by atoms with E-state index in [1.54, 1.807) is 6.07 Å². The van der Waals surface area contributed by atoms with Gasteiger partial charge in [-0.05, 0) is 31.2 Å². The number of benzene rings is 2. The van der Waals surface area contributed by atoms with Crippen molar-refractivity contribution < 1.29 is 4.79 Å². The van der Waals surface area contributed by atoms with E-state index < -0.39 is 5.91 Å². The van der Waals surface area contributed by atoms with Crippen LogP contribution in [-0.2, 0) is 4.79 Å². The summed E-state index contributed by atoms with van der Waals surface area (Å²) in [6, 6.07) is 15.4. The molecule has 0 radical (unpaired) electrons. The van der Waals surface area contributed by atoms with Crippen molar-refractivity contribution in [2.75, 3.05) is 5.75 Å². The molecule has 0 atom stereocenters. The van der Waals surface area contributed by atoms with Gasteiger partial charge in [0, 0.05) is 10.6 Å². The van der Waals surface area contributed by atoms with E-state index in [2.05, 4.69) is 10.2 Å². The molecule has 0 aliphatic carbocycles. The molecule has 24 heavy (non-hydrogen) atoms. The van der Waals surface area contributed by atoms with Gasteiger partial charge in [0.2, 0.25) is 5.91 Å². The number of primary amides is 1. The van der Waals surface area contributed by atoms with Gasteiger partial charge < -0.3 is 5.73 Å². The normalized spacial score (nSPS) is 10.8. The molecule has 3 rings (SSSR count). The lowest BCUT2D eigenvalue weighted by atomic mass is 10.1. The minimum atomic E-state index is -0.405. The molecule has 0 aliphatic rings. The number of halogens is 1. The molecule has 0 spiro atoms. The van der Waals surface area contributed by atoms with E-state index in [9.17, 15) is 4.79 Å². The fraction of sp³-hybridized carbons (Fsp3) is 0.118. The van der Waals surface area contributed by atoms with Crippen LogP contribution < -0.4 is 5.73 Å². The molecule has 0 unspecified atom stereocenters. The summed E-state index contributed by atoms with van der Waals surface area (Å²) in [5, 5.41) is 9.74. The van der Waals surface area contributed by atoms with Gasteiger partial charge in [0.05, 0.1) is 11.4 Å². The standard InChI is InChI=1S/C17H15ClN4OS/c1-11-4-2-5-12(8-11)16-20-21-17(24-10-15(19)23)22(16)14-7-3-6-13(18)9-14/h2-9H,10H2,1H3,(H2,19,23). The second-order valence-corrected chi connectivity index (χ2v) is 6.62. The van der Waals surface area contributed by atoms with Crippen LogP contribution in [0.1, 0.15) is 5.56 Å². The molecule has 0 bridgehead atoms. The lowest BCUT2D eigenvalue weighted by molar-refractivity contribution is -0.115. The zero-order valence-corrected chi connectivity index (χ0v) is 14.5. The highest BCUT2D eigenvalue weighted by Gasteiger charge is 2.17. The number of carbonyl (C=O) groups excluding carboxylic acids is 1. The summed E-state index contributed by atoms with van der Waals surface area (Å²) in [5.74, 6) is 0.415. The largest absolute Gasteiger partial charge is 0.369 e. The first-order valence-electron chi connectivity index (χ1n) is 7.24. The van der Waals surface area contributed by atoms with Gasteiger partial charge in [-0.25, -0.2) is 0 Å². The minimum Gasteiger partial charge on any atom is -0.369 e. The van der Waals surface area contributed by atoms with Gasteiger partial charge in [-0.15, -0.1) is 10.2 Å². The van der Waals surface area contributed by atoms with Crippen LogP contribution >= 0.6 is 23.4 Å². The molecule has 7 heteroatoms. The SMILES string of the molecule is Cc1cccc(-c2nnc(SCC(N)=O)n2-c2cccc(Cl)c2)c1. The highest BCUT2D eigenvalue weighted by Crippen LogP contribution is 2.29. The molecular formula is C17H15ClN4OS. The molecule has 0 saturated heterocycles. The van der Waals surface area contributed by atoms with Crippen LogP contribution in [0.3, 0.4) is 0 Å². The van der Waals surface area contributed by atoms with Crippen LogP contribution in [-0.4, -0.2) is 26.4 Å². The van der Waals surface area contributed by atoms with E-state index >= 15 is 0 Å². The Morgan fingerprint density at radius 1 is 1.21 bits per heavy atom. The molecule has 1 amide bonds. The molecule has 0 saturated carbocycles. The number of nitrogens with zero attached hydrogens (tertiary/aromatic N) is 3. The van der Waals surface area contributed by atoms with Gasteiger partial charge in [0.1, 0.15) is 0 Å². The zero-order chi connectivity index (χ0) is 17.1. The Balaban J connectivity index is 2.14. The summed E-state index contributed by atoms with van der Waals surface area (Å²) in [5.41, 5.74) is 8.15. The summed E-state index contributed by atoms with van der Waals surface area (Å²) >= 11 is 7.38. The van der Waals surface area contributed by atoms with Crippen molar-refractivity contribution in [3.8, 4) is 17.1 Å². The average Bonchev–Trinajstić information content (AvgIpc) is 2.97. The predicted octanol–water partition coefficient (Wildman–Crippen LogP) is 3.47. The number of thioether (sulfide) groups is 1. The highest BCUT2D eigenvalue weighted by molar-refractivity contribution is 7.99. The molecule has 0 aliphatic heterocycles. The average molecular weight is 359 g/mol. The van der Waals surface area contributed by atoms with Crippen molar-refractivity contribution in [1.82, 2.24) is 14.8 Å². The molecule has 2 aromatic carbocycles. The van der Waals surface area contributed by atoms with E-state index in [1.165, 1.54) is 11.8 Å². The predicted molar refractivity (Wildman–Crippen MR) is 96.5 cm³/mol. The van der Waals surface area contributed by atoms with Crippen molar-refractivity contribution in [3.63, 3.8) is 0 Å². The minimum absolute atomic E-state index is 0.131. The number of rotatable bonds is 5. The van der Waals surface area contributed by atoms with Crippen LogP contribution in [0.15, 0.2) is 53.7 Å². The van der Waals surface area contributed by atoms with Gasteiger partial charge in [-0.2, -0.15) is 0 Å². The Morgan fingerprint density at radius 3 is 2.71 bits per heavy atom. The lowest BCUT2D eigenvalue weighted by Crippen LogP contribution is -2.13. The molecule has 122 valence electrons. The second-order valence-electron chi connectivity index (χ2n) is 5.25. The Kier molecular flexibility index (Phi) is 4.87. The number of carbonyl (C=O) groups is 1. The molecule has 3 aromatic rings.